The summed E-state index contributed by atoms with van der Waals surface area (Å²) in [6.45, 7) is 0. The largest absolute Gasteiger partial charge is 0.392 e. The molecule has 0 bridgehead atoms. The van der Waals surface area contributed by atoms with Gasteiger partial charge in [0.05, 0.1) is 9.89 Å². The molecule has 0 aliphatic heterocycles. The van der Waals surface area contributed by atoms with E-state index in [1.165, 1.54) is 0 Å². The molecule has 0 aliphatic rings. The Labute approximate surface area is 83.1 Å². The van der Waals surface area contributed by atoms with Gasteiger partial charge in [0.2, 0.25) is 0 Å². The molecule has 0 amide bonds. The Bertz CT molecular complexity index is 226. The highest BCUT2D eigenvalue weighted by atomic mass is 79.9. The van der Waals surface area contributed by atoms with Crippen LogP contribution in [0.25, 0.3) is 0 Å². The molecule has 0 saturated heterocycles. The van der Waals surface area contributed by atoms with E-state index >= 15 is 0 Å². The van der Waals surface area contributed by atoms with Crippen LogP contribution in [0.15, 0.2) is 15.9 Å². The van der Waals surface area contributed by atoms with Gasteiger partial charge in [-0.1, -0.05) is 0 Å². The topological polar surface area (TPSA) is 20.2 Å². The Balaban J connectivity index is 2.50. The molecule has 1 unspecified atom stereocenters. The van der Waals surface area contributed by atoms with Crippen molar-refractivity contribution in [2.75, 3.05) is 5.88 Å². The van der Waals surface area contributed by atoms with Crippen LogP contribution in [0.3, 0.4) is 0 Å². The molecular formula is C7H8BrClOS. The molecule has 4 heteroatoms. The summed E-state index contributed by atoms with van der Waals surface area (Å²) in [5.41, 5.74) is 0. The second-order valence-corrected chi connectivity index (χ2v) is 5.07. The summed E-state index contributed by atoms with van der Waals surface area (Å²) in [6, 6.07) is 3.96. The highest BCUT2D eigenvalue weighted by Gasteiger charge is 2.05. The smallest absolute Gasteiger partial charge is 0.0723 e. The molecule has 62 valence electrons. The highest BCUT2D eigenvalue weighted by Crippen LogP contribution is 2.23. The molecule has 1 rings (SSSR count). The Kier molecular flexibility index (Phi) is 3.85. The van der Waals surface area contributed by atoms with Gasteiger partial charge < -0.3 is 5.11 Å². The van der Waals surface area contributed by atoms with Crippen molar-refractivity contribution in [2.45, 2.75) is 12.5 Å². The highest BCUT2D eigenvalue weighted by molar-refractivity contribution is 9.11. The lowest BCUT2D eigenvalue weighted by atomic mass is 10.2. The Hall–Kier alpha value is 0.430. The first-order valence-electron chi connectivity index (χ1n) is 3.20. The zero-order chi connectivity index (χ0) is 8.27. The molecule has 0 fully saturated rings. The van der Waals surface area contributed by atoms with E-state index in [1.807, 2.05) is 12.1 Å². The number of hydrogen-bond acceptors (Lipinski definition) is 2. The lowest BCUT2D eigenvalue weighted by Crippen LogP contribution is -2.10. The van der Waals surface area contributed by atoms with Crippen LogP contribution in [0, 0.1) is 0 Å². The maximum atomic E-state index is 9.18. The van der Waals surface area contributed by atoms with Crippen LogP contribution in [0.4, 0.5) is 0 Å². The lowest BCUT2D eigenvalue weighted by molar-refractivity contribution is 0.199. The monoisotopic (exact) mass is 254 g/mol. The van der Waals surface area contributed by atoms with E-state index in [0.29, 0.717) is 12.3 Å². The van der Waals surface area contributed by atoms with Crippen molar-refractivity contribution >= 4 is 38.9 Å². The van der Waals surface area contributed by atoms with Crippen LogP contribution in [0.2, 0.25) is 0 Å². The fraction of sp³-hybridized carbons (Fsp3) is 0.429. The summed E-state index contributed by atoms with van der Waals surface area (Å²) in [5.74, 6) is 0.301. The summed E-state index contributed by atoms with van der Waals surface area (Å²) < 4.78 is 1.09. The van der Waals surface area contributed by atoms with Gasteiger partial charge in [-0.3, -0.25) is 0 Å². The van der Waals surface area contributed by atoms with Gasteiger partial charge >= 0.3 is 0 Å². The lowest BCUT2D eigenvalue weighted by Gasteiger charge is -2.02. The normalized spacial score (nSPS) is 13.4. The van der Waals surface area contributed by atoms with Gasteiger partial charge in [0, 0.05) is 17.2 Å². The van der Waals surface area contributed by atoms with Crippen molar-refractivity contribution in [1.82, 2.24) is 0 Å². The number of alkyl halides is 1. The number of rotatable bonds is 3. The maximum Gasteiger partial charge on any atom is 0.0723 e. The minimum atomic E-state index is -0.415. The van der Waals surface area contributed by atoms with E-state index in [0.717, 1.165) is 8.66 Å². The molecule has 0 spiro atoms. The third-order valence-electron chi connectivity index (χ3n) is 1.24. The van der Waals surface area contributed by atoms with E-state index in [2.05, 4.69) is 15.9 Å². The SMILES string of the molecule is OC(CCl)Cc1ccc(Br)s1. The summed E-state index contributed by atoms with van der Waals surface area (Å²) in [4.78, 5) is 1.16. The fourth-order valence-corrected chi connectivity index (χ4v) is 2.41. The van der Waals surface area contributed by atoms with E-state index < -0.39 is 6.10 Å². The second-order valence-electron chi connectivity index (χ2n) is 2.22. The van der Waals surface area contributed by atoms with Crippen LogP contribution in [0.1, 0.15) is 4.88 Å². The second kappa shape index (κ2) is 4.45. The predicted molar refractivity (Wildman–Crippen MR) is 52.4 cm³/mol. The van der Waals surface area contributed by atoms with Gasteiger partial charge in [-0.15, -0.1) is 22.9 Å². The molecule has 0 saturated carbocycles. The molecule has 1 heterocycles. The van der Waals surface area contributed by atoms with E-state index in [1.54, 1.807) is 11.3 Å². The maximum absolute atomic E-state index is 9.18. The molecular weight excluding hydrogens is 248 g/mol. The summed E-state index contributed by atoms with van der Waals surface area (Å²) in [5, 5.41) is 9.18. The van der Waals surface area contributed by atoms with Crippen LogP contribution in [-0.4, -0.2) is 17.1 Å². The van der Waals surface area contributed by atoms with Gasteiger partial charge in [0.1, 0.15) is 0 Å². The van der Waals surface area contributed by atoms with E-state index in [-0.39, 0.29) is 0 Å². The van der Waals surface area contributed by atoms with Crippen molar-refractivity contribution < 1.29 is 5.11 Å². The summed E-state index contributed by atoms with van der Waals surface area (Å²) in [7, 11) is 0. The van der Waals surface area contributed by atoms with Gasteiger partial charge in [-0.05, 0) is 28.1 Å². The van der Waals surface area contributed by atoms with Gasteiger partial charge in [-0.25, -0.2) is 0 Å². The first kappa shape index (κ1) is 9.52. The molecule has 0 aliphatic carbocycles. The minimum Gasteiger partial charge on any atom is -0.392 e. The predicted octanol–water partition coefficient (Wildman–Crippen LogP) is 2.65. The molecule has 1 atom stereocenters. The van der Waals surface area contributed by atoms with Crippen LogP contribution in [-0.2, 0) is 6.42 Å². The van der Waals surface area contributed by atoms with Gasteiger partial charge in [0.15, 0.2) is 0 Å². The van der Waals surface area contributed by atoms with E-state index in [9.17, 15) is 5.11 Å². The summed E-state index contributed by atoms with van der Waals surface area (Å²) >= 11 is 10.4. The average Bonchev–Trinajstić information content (AvgIpc) is 2.35. The molecule has 1 nitrogen and oxygen atoms in total. The van der Waals surface area contributed by atoms with Crippen molar-refractivity contribution in [3.05, 3.63) is 20.8 Å². The zero-order valence-corrected chi connectivity index (χ0v) is 8.92. The van der Waals surface area contributed by atoms with Crippen molar-refractivity contribution in [1.29, 1.82) is 0 Å². The molecule has 1 aromatic heterocycles. The molecule has 0 aromatic carbocycles. The number of aliphatic hydroxyl groups excluding tert-OH is 1. The number of aliphatic hydroxyl groups is 1. The Morgan fingerprint density at radius 2 is 2.36 bits per heavy atom. The first-order valence-corrected chi connectivity index (χ1v) is 5.35. The van der Waals surface area contributed by atoms with Crippen LogP contribution >= 0.6 is 38.9 Å². The van der Waals surface area contributed by atoms with Crippen molar-refractivity contribution in [2.24, 2.45) is 0 Å². The standard InChI is InChI=1S/C7H8BrClOS/c8-7-2-1-6(11-7)3-5(10)4-9/h1-2,5,10H,3-4H2. The van der Waals surface area contributed by atoms with Gasteiger partial charge in [-0.2, -0.15) is 0 Å². The van der Waals surface area contributed by atoms with Gasteiger partial charge in [0.25, 0.3) is 0 Å². The first-order chi connectivity index (χ1) is 5.22. The molecule has 0 radical (unpaired) electrons. The third kappa shape index (κ3) is 3.11. The van der Waals surface area contributed by atoms with Crippen LogP contribution in [0.5, 0.6) is 0 Å². The van der Waals surface area contributed by atoms with Crippen molar-refractivity contribution in [3.8, 4) is 0 Å². The number of halogens is 2. The number of hydrogen-bond donors (Lipinski definition) is 1. The minimum absolute atomic E-state index is 0.301. The van der Waals surface area contributed by atoms with Crippen LogP contribution < -0.4 is 0 Å². The summed E-state index contributed by atoms with van der Waals surface area (Å²) in [6.07, 6.45) is 0.238. The van der Waals surface area contributed by atoms with Crippen molar-refractivity contribution in [3.63, 3.8) is 0 Å². The van der Waals surface area contributed by atoms with E-state index in [4.69, 9.17) is 11.6 Å². The number of thiophene rings is 1. The Morgan fingerprint density at radius 1 is 1.64 bits per heavy atom. The average molecular weight is 256 g/mol. The molecule has 11 heavy (non-hydrogen) atoms. The fourth-order valence-electron chi connectivity index (χ4n) is 0.748. The molecule has 1 aromatic rings. The molecule has 1 N–H and O–H groups in total. The Morgan fingerprint density at radius 3 is 2.82 bits per heavy atom. The third-order valence-corrected chi connectivity index (χ3v) is 3.25. The zero-order valence-electron chi connectivity index (χ0n) is 5.76. The quantitative estimate of drug-likeness (QED) is 0.824.